The molecular formula is C32H25F3N6O2. The second kappa shape index (κ2) is 11.1. The average molecular weight is 583 g/mol. The van der Waals surface area contributed by atoms with Crippen LogP contribution in [-0.4, -0.2) is 31.0 Å². The maximum atomic E-state index is 14.3. The number of hydrogen-bond acceptors (Lipinski definition) is 4. The van der Waals surface area contributed by atoms with Crippen LogP contribution in [0.3, 0.4) is 0 Å². The molecule has 1 atom stereocenters. The number of pyridine rings is 1. The Kier molecular flexibility index (Phi) is 7.14. The molecule has 6 rings (SSSR count). The number of amides is 2. The number of primary amides is 1. The van der Waals surface area contributed by atoms with Gasteiger partial charge in [0, 0.05) is 23.9 Å². The number of para-hydroxylation sites is 2. The van der Waals surface area contributed by atoms with E-state index in [4.69, 9.17) is 5.73 Å². The van der Waals surface area contributed by atoms with Gasteiger partial charge in [-0.3, -0.25) is 14.6 Å². The number of nitrogens with zero attached hydrogens (tertiary/aromatic N) is 4. The first kappa shape index (κ1) is 27.7. The van der Waals surface area contributed by atoms with Gasteiger partial charge in [0.1, 0.15) is 29.6 Å². The van der Waals surface area contributed by atoms with Gasteiger partial charge in [-0.1, -0.05) is 24.3 Å². The Morgan fingerprint density at radius 2 is 1.67 bits per heavy atom. The Morgan fingerprint density at radius 3 is 2.42 bits per heavy atom. The summed E-state index contributed by atoms with van der Waals surface area (Å²) in [5.74, 6) is -3.63. The highest BCUT2D eigenvalue weighted by Gasteiger charge is 2.24. The Balaban J connectivity index is 1.41. The summed E-state index contributed by atoms with van der Waals surface area (Å²) in [5.41, 5.74) is 9.75. The SMILES string of the molecule is Cc1cc2n(CC(=O)N[C@@H](Cc3cc(F)cc(F)c3)c3ncccc3-c3ccc(F)c(C(N)=O)c3)c3ccccc3n2n1. The largest absolute Gasteiger partial charge is 0.366 e. The van der Waals surface area contributed by atoms with Gasteiger partial charge >= 0.3 is 0 Å². The zero-order valence-corrected chi connectivity index (χ0v) is 22.9. The van der Waals surface area contributed by atoms with E-state index in [-0.39, 0.29) is 24.1 Å². The summed E-state index contributed by atoms with van der Waals surface area (Å²) in [6.07, 6.45) is 1.50. The lowest BCUT2D eigenvalue weighted by molar-refractivity contribution is -0.122. The van der Waals surface area contributed by atoms with E-state index in [2.05, 4.69) is 15.4 Å². The molecule has 3 N–H and O–H groups in total. The summed E-state index contributed by atoms with van der Waals surface area (Å²) < 4.78 is 46.2. The van der Waals surface area contributed by atoms with Crippen molar-refractivity contribution < 1.29 is 22.8 Å². The van der Waals surface area contributed by atoms with Gasteiger partial charge in [-0.05, 0) is 66.9 Å². The number of nitrogens with two attached hydrogens (primary N) is 1. The first-order valence-corrected chi connectivity index (χ1v) is 13.4. The number of rotatable bonds is 8. The van der Waals surface area contributed by atoms with E-state index in [1.54, 1.807) is 16.6 Å². The van der Waals surface area contributed by atoms with Crippen LogP contribution in [0.2, 0.25) is 0 Å². The molecule has 0 saturated carbocycles. The number of aryl methyl sites for hydroxylation is 1. The molecule has 0 aliphatic rings. The fraction of sp³-hybridized carbons (Fsp3) is 0.125. The minimum atomic E-state index is -0.940. The summed E-state index contributed by atoms with van der Waals surface area (Å²) in [4.78, 5) is 30.1. The third-order valence-corrected chi connectivity index (χ3v) is 7.20. The number of benzene rings is 3. The van der Waals surface area contributed by atoms with Gasteiger partial charge in [-0.25, -0.2) is 17.7 Å². The van der Waals surface area contributed by atoms with Gasteiger partial charge in [-0.2, -0.15) is 5.10 Å². The second-order valence-corrected chi connectivity index (χ2v) is 10.2. The molecule has 0 aliphatic heterocycles. The molecule has 3 aromatic heterocycles. The van der Waals surface area contributed by atoms with E-state index >= 15 is 0 Å². The van der Waals surface area contributed by atoms with Crippen LogP contribution in [0.15, 0.2) is 85.1 Å². The molecule has 0 saturated heterocycles. The van der Waals surface area contributed by atoms with Crippen LogP contribution < -0.4 is 11.1 Å². The zero-order valence-electron chi connectivity index (χ0n) is 22.9. The summed E-state index contributed by atoms with van der Waals surface area (Å²) in [6.45, 7) is 1.78. The maximum Gasteiger partial charge on any atom is 0.251 e. The number of halogens is 3. The molecular weight excluding hydrogens is 557 g/mol. The first-order chi connectivity index (χ1) is 20.7. The summed E-state index contributed by atoms with van der Waals surface area (Å²) in [7, 11) is 0. The Hall–Kier alpha value is -5.45. The average Bonchev–Trinajstić information content (AvgIpc) is 3.48. The van der Waals surface area contributed by atoms with E-state index in [9.17, 15) is 22.8 Å². The molecule has 0 spiro atoms. The van der Waals surface area contributed by atoms with Crippen LogP contribution in [0, 0.1) is 24.4 Å². The maximum absolute atomic E-state index is 14.3. The molecule has 6 aromatic rings. The van der Waals surface area contributed by atoms with Crippen molar-refractivity contribution in [3.05, 3.63) is 125 Å². The summed E-state index contributed by atoms with van der Waals surface area (Å²) in [5, 5.41) is 7.54. The number of hydrogen-bond donors (Lipinski definition) is 2. The van der Waals surface area contributed by atoms with Crippen molar-refractivity contribution in [1.82, 2.24) is 24.5 Å². The van der Waals surface area contributed by atoms with E-state index in [1.165, 1.54) is 30.5 Å². The van der Waals surface area contributed by atoms with Gasteiger partial charge in [0.05, 0.1) is 34.0 Å². The molecule has 2 amide bonds. The highest BCUT2D eigenvalue weighted by Crippen LogP contribution is 2.31. The number of imidazole rings is 1. The lowest BCUT2D eigenvalue weighted by Gasteiger charge is -2.22. The van der Waals surface area contributed by atoms with Crippen molar-refractivity contribution in [2.45, 2.75) is 25.9 Å². The van der Waals surface area contributed by atoms with Crippen molar-refractivity contribution in [1.29, 1.82) is 0 Å². The summed E-state index contributed by atoms with van der Waals surface area (Å²) >= 11 is 0. The van der Waals surface area contributed by atoms with Gasteiger partial charge in [0.25, 0.3) is 5.91 Å². The van der Waals surface area contributed by atoms with Crippen LogP contribution in [0.4, 0.5) is 13.2 Å². The fourth-order valence-corrected chi connectivity index (χ4v) is 5.40. The fourth-order valence-electron chi connectivity index (χ4n) is 5.40. The van der Waals surface area contributed by atoms with Crippen molar-refractivity contribution in [2.75, 3.05) is 0 Å². The molecule has 8 nitrogen and oxygen atoms in total. The van der Waals surface area contributed by atoms with Crippen LogP contribution in [0.1, 0.15) is 33.4 Å². The van der Waals surface area contributed by atoms with E-state index < -0.39 is 35.3 Å². The van der Waals surface area contributed by atoms with Crippen LogP contribution in [0.25, 0.3) is 27.8 Å². The van der Waals surface area contributed by atoms with Gasteiger partial charge in [-0.15, -0.1) is 0 Å². The molecule has 3 heterocycles. The van der Waals surface area contributed by atoms with Crippen LogP contribution in [-0.2, 0) is 17.8 Å². The predicted molar refractivity (Wildman–Crippen MR) is 155 cm³/mol. The Labute approximate surface area is 243 Å². The Bertz CT molecular complexity index is 2010. The number of carbonyl (C=O) groups excluding carboxylic acids is 2. The highest BCUT2D eigenvalue weighted by atomic mass is 19.1. The quantitative estimate of drug-likeness (QED) is 0.255. The molecule has 0 aliphatic carbocycles. The molecule has 0 radical (unpaired) electrons. The normalized spacial score (nSPS) is 12.1. The molecule has 0 fully saturated rings. The molecule has 11 heteroatoms. The van der Waals surface area contributed by atoms with Gasteiger partial charge < -0.3 is 15.6 Å². The summed E-state index contributed by atoms with van der Waals surface area (Å²) in [6, 6.07) is 19.0. The lowest BCUT2D eigenvalue weighted by Crippen LogP contribution is -2.33. The third kappa shape index (κ3) is 5.44. The smallest absolute Gasteiger partial charge is 0.251 e. The van der Waals surface area contributed by atoms with Crippen molar-refractivity contribution >= 4 is 28.5 Å². The monoisotopic (exact) mass is 582 g/mol. The zero-order chi connectivity index (χ0) is 30.2. The molecule has 3 aromatic carbocycles. The minimum Gasteiger partial charge on any atom is -0.366 e. The second-order valence-electron chi connectivity index (χ2n) is 10.2. The number of carbonyl (C=O) groups is 2. The van der Waals surface area contributed by atoms with Gasteiger partial charge in [0.2, 0.25) is 5.91 Å². The van der Waals surface area contributed by atoms with Crippen LogP contribution >= 0.6 is 0 Å². The lowest BCUT2D eigenvalue weighted by atomic mass is 9.94. The van der Waals surface area contributed by atoms with E-state index in [0.717, 1.165) is 34.5 Å². The van der Waals surface area contributed by atoms with E-state index in [1.807, 2.05) is 41.8 Å². The highest BCUT2D eigenvalue weighted by molar-refractivity contribution is 5.94. The van der Waals surface area contributed by atoms with Crippen molar-refractivity contribution in [3.63, 3.8) is 0 Å². The van der Waals surface area contributed by atoms with Crippen molar-refractivity contribution in [2.24, 2.45) is 5.73 Å². The molecule has 0 bridgehead atoms. The third-order valence-electron chi connectivity index (χ3n) is 7.20. The predicted octanol–water partition coefficient (Wildman–Crippen LogP) is 5.28. The van der Waals surface area contributed by atoms with Gasteiger partial charge in [0.15, 0.2) is 0 Å². The van der Waals surface area contributed by atoms with Crippen LogP contribution in [0.5, 0.6) is 0 Å². The Morgan fingerprint density at radius 1 is 0.930 bits per heavy atom. The topological polar surface area (TPSA) is 107 Å². The van der Waals surface area contributed by atoms with E-state index in [0.29, 0.717) is 16.8 Å². The standard InChI is InChI=1S/C32H25F3N6O2/c1-18-11-30-40(27-6-2-3-7-28(27)41(30)39-18)17-29(42)38-26(14-19-12-21(33)16-22(34)13-19)31-23(5-4-10-37-31)20-8-9-25(35)24(15-20)32(36)43/h2-13,15-16,26H,14,17H2,1H3,(H2,36,43)(H,38,42)/t26-/m0/s1. The number of aromatic nitrogens is 4. The molecule has 216 valence electrons. The minimum absolute atomic E-state index is 0.0120. The number of fused-ring (bicyclic) bond motifs is 3. The number of nitrogens with one attached hydrogen (secondary N) is 1. The van der Waals surface area contributed by atoms with Crippen molar-refractivity contribution in [3.8, 4) is 11.1 Å². The molecule has 43 heavy (non-hydrogen) atoms. The first-order valence-electron chi connectivity index (χ1n) is 13.4. The molecule has 0 unspecified atom stereocenters.